The molecule has 1 N–H and O–H groups in total. The van der Waals surface area contributed by atoms with Gasteiger partial charge >= 0.3 is 6.18 Å². The van der Waals surface area contributed by atoms with Crippen LogP contribution in [0.25, 0.3) is 0 Å². The Labute approximate surface area is 168 Å². The zero-order valence-electron chi connectivity index (χ0n) is 16.1. The minimum absolute atomic E-state index is 0.269. The molecule has 0 fully saturated rings. The first-order chi connectivity index (χ1) is 13.8. The number of rotatable bonds is 7. The van der Waals surface area contributed by atoms with Crippen molar-refractivity contribution in [2.24, 2.45) is 5.92 Å². The molecule has 0 spiro atoms. The quantitative estimate of drug-likeness (QED) is 0.641. The summed E-state index contributed by atoms with van der Waals surface area (Å²) in [6.07, 6.45) is -0.260. The molecule has 0 radical (unpaired) electrons. The number of nitrogens with zero attached hydrogens (tertiary/aromatic N) is 1. The molecular weight excluding hydrogens is 379 g/mol. The number of anilines is 1. The van der Waals surface area contributed by atoms with Crippen molar-refractivity contribution in [2.45, 2.75) is 25.6 Å². The second kappa shape index (κ2) is 9.18. The summed E-state index contributed by atoms with van der Waals surface area (Å²) >= 11 is 0. The molecule has 2 aromatic rings. The van der Waals surface area contributed by atoms with Crippen molar-refractivity contribution in [1.82, 2.24) is 0 Å². The van der Waals surface area contributed by atoms with Crippen LogP contribution in [0.3, 0.4) is 0 Å². The Morgan fingerprint density at radius 2 is 1.83 bits per heavy atom. The normalized spacial score (nSPS) is 17.6. The van der Waals surface area contributed by atoms with E-state index in [9.17, 15) is 18.3 Å². The molecule has 0 bridgehead atoms. The lowest BCUT2D eigenvalue weighted by atomic mass is 9.98. The maximum Gasteiger partial charge on any atom is 0.416 e. The number of para-hydroxylation sites is 1. The zero-order valence-corrected chi connectivity index (χ0v) is 16.1. The number of aliphatic hydroxyl groups excluding tert-OH is 1. The molecule has 0 saturated heterocycles. The number of halogens is 3. The van der Waals surface area contributed by atoms with Gasteiger partial charge in [0, 0.05) is 18.3 Å². The Kier molecular flexibility index (Phi) is 6.64. The van der Waals surface area contributed by atoms with Gasteiger partial charge in [-0.15, -0.1) is 0 Å². The van der Waals surface area contributed by atoms with Crippen LogP contribution in [-0.2, 0) is 0 Å². The van der Waals surface area contributed by atoms with Gasteiger partial charge in [0.2, 0.25) is 0 Å². The molecule has 2 aromatic carbocycles. The molecule has 0 aliphatic heterocycles. The minimum atomic E-state index is -4.68. The maximum atomic E-state index is 13.0. The van der Waals surface area contributed by atoms with E-state index < -0.39 is 18.8 Å². The smallest absolute Gasteiger partial charge is 0.416 e. The van der Waals surface area contributed by atoms with Crippen LogP contribution in [0, 0.1) is 5.92 Å². The highest BCUT2D eigenvalue weighted by Gasteiger charge is 2.39. The van der Waals surface area contributed by atoms with Crippen LogP contribution in [0.2, 0.25) is 0 Å². The Hall–Kier alpha value is -2.73. The maximum absolute atomic E-state index is 13.0. The molecule has 0 amide bonds. The van der Waals surface area contributed by atoms with Gasteiger partial charge in [-0.3, -0.25) is 0 Å². The van der Waals surface area contributed by atoms with Crippen molar-refractivity contribution in [3.05, 3.63) is 78.4 Å². The summed E-state index contributed by atoms with van der Waals surface area (Å²) in [6.45, 7) is 1.80. The lowest BCUT2D eigenvalue weighted by Gasteiger charge is -2.29. The number of benzene rings is 2. The van der Waals surface area contributed by atoms with Gasteiger partial charge in [0.25, 0.3) is 0 Å². The van der Waals surface area contributed by atoms with E-state index in [4.69, 9.17) is 4.74 Å². The third-order valence-electron chi connectivity index (χ3n) is 4.70. The number of aliphatic hydroxyl groups is 1. The first kappa shape index (κ1) is 21.0. The van der Waals surface area contributed by atoms with Crippen LogP contribution in [-0.4, -0.2) is 30.5 Å². The lowest BCUT2D eigenvalue weighted by Crippen LogP contribution is -2.41. The molecule has 3 rings (SSSR count). The lowest BCUT2D eigenvalue weighted by molar-refractivity contribution is -0.200. The highest BCUT2D eigenvalue weighted by Crippen LogP contribution is 2.29. The van der Waals surface area contributed by atoms with Crippen LogP contribution in [0.4, 0.5) is 18.9 Å². The molecular formula is C23H24F3NO2. The molecule has 2 atom stereocenters. The van der Waals surface area contributed by atoms with Gasteiger partial charge < -0.3 is 14.7 Å². The first-order valence-corrected chi connectivity index (χ1v) is 9.51. The second-order valence-corrected chi connectivity index (χ2v) is 7.20. The van der Waals surface area contributed by atoms with E-state index in [1.54, 1.807) is 36.4 Å². The van der Waals surface area contributed by atoms with Gasteiger partial charge in [0.05, 0.1) is 6.54 Å². The standard InChI is InChI=1S/C23H24F3NO2/c1-17-10-12-18(13-11-17)15-27(16-22(28)23(24,25)26)19-6-5-9-21(14-19)29-20-7-3-2-4-8-20/h2-10,12-14,17,22,28H,11,15-16H2,1H3. The van der Waals surface area contributed by atoms with Gasteiger partial charge in [-0.05, 0) is 42.2 Å². The van der Waals surface area contributed by atoms with E-state index in [0.717, 1.165) is 12.0 Å². The largest absolute Gasteiger partial charge is 0.457 e. The van der Waals surface area contributed by atoms with Crippen LogP contribution >= 0.6 is 0 Å². The molecule has 1 aliphatic carbocycles. The number of allylic oxidation sites excluding steroid dienone is 2. The first-order valence-electron chi connectivity index (χ1n) is 9.51. The molecule has 2 unspecified atom stereocenters. The van der Waals surface area contributed by atoms with Crippen LogP contribution in [0.15, 0.2) is 78.4 Å². The Morgan fingerprint density at radius 1 is 1.10 bits per heavy atom. The van der Waals surface area contributed by atoms with E-state index in [-0.39, 0.29) is 6.54 Å². The monoisotopic (exact) mass is 403 g/mol. The van der Waals surface area contributed by atoms with E-state index in [2.05, 4.69) is 6.92 Å². The SMILES string of the molecule is CC1C=CC(CN(CC(O)C(F)(F)F)c2cccc(Oc3ccccc3)c2)=CC1. The Morgan fingerprint density at radius 3 is 2.48 bits per heavy atom. The van der Waals surface area contributed by atoms with Crippen LogP contribution < -0.4 is 9.64 Å². The molecule has 6 heteroatoms. The third-order valence-corrected chi connectivity index (χ3v) is 4.70. The van der Waals surface area contributed by atoms with E-state index in [1.165, 1.54) is 4.90 Å². The summed E-state index contributed by atoms with van der Waals surface area (Å²) in [5.74, 6) is 1.57. The zero-order chi connectivity index (χ0) is 20.9. The summed E-state index contributed by atoms with van der Waals surface area (Å²) in [7, 11) is 0. The van der Waals surface area contributed by atoms with Crippen molar-refractivity contribution in [3.8, 4) is 11.5 Å². The second-order valence-electron chi connectivity index (χ2n) is 7.20. The fourth-order valence-electron chi connectivity index (χ4n) is 3.05. The molecule has 0 saturated carbocycles. The van der Waals surface area contributed by atoms with Crippen molar-refractivity contribution < 1.29 is 23.0 Å². The van der Waals surface area contributed by atoms with Crippen molar-refractivity contribution in [2.75, 3.05) is 18.0 Å². The topological polar surface area (TPSA) is 32.7 Å². The predicted molar refractivity (Wildman–Crippen MR) is 108 cm³/mol. The van der Waals surface area contributed by atoms with Crippen LogP contribution in [0.1, 0.15) is 13.3 Å². The minimum Gasteiger partial charge on any atom is -0.457 e. The molecule has 3 nitrogen and oxygen atoms in total. The summed E-state index contributed by atoms with van der Waals surface area (Å²) in [5.41, 5.74) is 1.47. The summed E-state index contributed by atoms with van der Waals surface area (Å²) in [6, 6.07) is 16.0. The van der Waals surface area contributed by atoms with Gasteiger partial charge in [0.15, 0.2) is 6.10 Å². The summed E-state index contributed by atoms with van der Waals surface area (Å²) < 4.78 is 44.8. The van der Waals surface area contributed by atoms with E-state index in [0.29, 0.717) is 23.1 Å². The number of hydrogen-bond acceptors (Lipinski definition) is 3. The fourth-order valence-corrected chi connectivity index (χ4v) is 3.05. The van der Waals surface area contributed by atoms with Crippen LogP contribution in [0.5, 0.6) is 11.5 Å². The Balaban J connectivity index is 1.82. The molecule has 0 heterocycles. The van der Waals surface area contributed by atoms with Gasteiger partial charge in [-0.1, -0.05) is 49.4 Å². The highest BCUT2D eigenvalue weighted by molar-refractivity contribution is 5.53. The van der Waals surface area contributed by atoms with Gasteiger partial charge in [-0.25, -0.2) is 0 Å². The average molecular weight is 403 g/mol. The average Bonchev–Trinajstić information content (AvgIpc) is 2.69. The van der Waals surface area contributed by atoms with Crippen molar-refractivity contribution >= 4 is 5.69 Å². The van der Waals surface area contributed by atoms with Gasteiger partial charge in [-0.2, -0.15) is 13.2 Å². The molecule has 0 aromatic heterocycles. The van der Waals surface area contributed by atoms with Crippen molar-refractivity contribution in [1.29, 1.82) is 0 Å². The van der Waals surface area contributed by atoms with Crippen molar-refractivity contribution in [3.63, 3.8) is 0 Å². The molecule has 29 heavy (non-hydrogen) atoms. The predicted octanol–water partition coefficient (Wildman–Crippen LogP) is 5.73. The molecule has 154 valence electrons. The summed E-state index contributed by atoms with van der Waals surface area (Å²) in [4.78, 5) is 1.53. The fraction of sp³-hybridized carbons (Fsp3) is 0.304. The van der Waals surface area contributed by atoms with E-state index in [1.807, 2.05) is 36.4 Å². The van der Waals surface area contributed by atoms with E-state index >= 15 is 0 Å². The summed E-state index contributed by atoms with van der Waals surface area (Å²) in [5, 5.41) is 9.66. The Bertz CT molecular complexity index is 862. The number of alkyl halides is 3. The third kappa shape index (κ3) is 6.12. The van der Waals surface area contributed by atoms with Gasteiger partial charge in [0.1, 0.15) is 11.5 Å². The molecule has 1 aliphatic rings. The highest BCUT2D eigenvalue weighted by atomic mass is 19.4. The number of hydrogen-bond donors (Lipinski definition) is 1. The number of ether oxygens (including phenoxy) is 1.